The van der Waals surface area contributed by atoms with Crippen molar-refractivity contribution >= 4 is 58.8 Å². The maximum atomic E-state index is 10.3. The molecule has 11 nitrogen and oxygen atoms in total. The Hall–Kier alpha value is -1.11. The molecular formula is C24H20AlKO11S4. The van der Waals surface area contributed by atoms with Crippen molar-refractivity contribution in [3.63, 3.8) is 0 Å². The minimum absolute atomic E-state index is 0. The third kappa shape index (κ3) is 18.9. The molecule has 0 N–H and O–H groups in total. The van der Waals surface area contributed by atoms with E-state index in [1.165, 1.54) is 72.8 Å². The van der Waals surface area contributed by atoms with Gasteiger partial charge >= 0.3 is 68.7 Å². The molecule has 0 heterocycles. The zero-order chi connectivity index (χ0) is 29.5. The summed E-state index contributed by atoms with van der Waals surface area (Å²) < 4.78 is 113. The summed E-state index contributed by atoms with van der Waals surface area (Å²) in [7, 11) is -12.8. The summed E-state index contributed by atoms with van der Waals surface area (Å²) in [6.07, 6.45) is 0. The summed E-state index contributed by atoms with van der Waals surface area (Å²) in [5, 5.41) is 0. The van der Waals surface area contributed by atoms with Crippen LogP contribution in [0.25, 0.3) is 0 Å². The minimum Gasteiger partial charge on any atom is -0.768 e. The van der Waals surface area contributed by atoms with Crippen LogP contribution in [0.5, 0.6) is 0 Å². The van der Waals surface area contributed by atoms with Crippen LogP contribution in [0.3, 0.4) is 0 Å². The maximum absolute atomic E-state index is 10.3. The molecule has 17 heteroatoms. The third-order valence-corrected chi connectivity index (χ3v) is 7.24. The second-order valence-electron chi connectivity index (χ2n) is 6.85. The van der Waals surface area contributed by atoms with Crippen molar-refractivity contribution in [1.82, 2.24) is 0 Å². The van der Waals surface area contributed by atoms with E-state index >= 15 is 0 Å². The molecule has 0 amide bonds. The van der Waals surface area contributed by atoms with Crippen LogP contribution in [0.2, 0.25) is 0 Å². The topological polar surface area (TPSA) is 212 Å². The monoisotopic (exact) mass is 678 g/mol. The van der Waals surface area contributed by atoms with Gasteiger partial charge in [-0.3, -0.25) is 4.21 Å². The van der Waals surface area contributed by atoms with Gasteiger partial charge in [0.1, 0.15) is 30.4 Å². The molecule has 0 saturated carbocycles. The molecule has 0 bridgehead atoms. The quantitative estimate of drug-likeness (QED) is 0.150. The van der Waals surface area contributed by atoms with Gasteiger partial charge in [0.15, 0.2) is 0 Å². The summed E-state index contributed by atoms with van der Waals surface area (Å²) in [6, 6.07) is 29.8. The SMILES string of the molecule is O=S(=O)([O-])c1ccccc1.O=S(=O)([O-])c1ccccc1.O=S(=O)([O-])c1ccccc1.O=S([O-])c1ccccc1.[Al+3].[K+]. The van der Waals surface area contributed by atoms with Gasteiger partial charge in [0.2, 0.25) is 0 Å². The van der Waals surface area contributed by atoms with Crippen molar-refractivity contribution in [3.8, 4) is 0 Å². The standard InChI is InChI=1S/3C6H6O3S.C6H6O2S.Al.K/c3*7-10(8,9)6-4-2-1-3-5-6;7-9(8)6-4-2-1-3-5-6;;/h3*1-5H,(H,7,8,9);1-5H,(H,7,8);;/q;;;;+3;+1/p-4. The smallest absolute Gasteiger partial charge is 0.768 e. The van der Waals surface area contributed by atoms with Gasteiger partial charge < -0.3 is 18.2 Å². The average Bonchev–Trinajstić information content (AvgIpc) is 2.90. The Kier molecular flexibility index (Phi) is 21.3. The van der Waals surface area contributed by atoms with Crippen LogP contribution < -0.4 is 51.4 Å². The molecule has 0 saturated heterocycles. The fraction of sp³-hybridized carbons (Fsp3) is 0. The number of rotatable bonds is 4. The first-order valence-electron chi connectivity index (χ1n) is 10.3. The predicted molar refractivity (Wildman–Crippen MR) is 143 cm³/mol. The van der Waals surface area contributed by atoms with Crippen LogP contribution in [0.1, 0.15) is 0 Å². The molecule has 4 aromatic rings. The van der Waals surface area contributed by atoms with Crippen molar-refractivity contribution in [2.45, 2.75) is 19.6 Å². The molecule has 0 aromatic heterocycles. The van der Waals surface area contributed by atoms with Gasteiger partial charge in [-0.25, -0.2) is 25.3 Å². The van der Waals surface area contributed by atoms with Crippen LogP contribution >= 0.6 is 0 Å². The van der Waals surface area contributed by atoms with E-state index in [4.69, 9.17) is 0 Å². The molecule has 210 valence electrons. The first-order valence-corrected chi connectivity index (χ1v) is 15.6. The molecule has 41 heavy (non-hydrogen) atoms. The van der Waals surface area contributed by atoms with Gasteiger partial charge in [-0.1, -0.05) is 72.8 Å². The van der Waals surface area contributed by atoms with Crippen molar-refractivity contribution in [2.24, 2.45) is 0 Å². The van der Waals surface area contributed by atoms with Gasteiger partial charge in [0.25, 0.3) is 0 Å². The third-order valence-electron chi connectivity index (χ3n) is 4.03. The van der Waals surface area contributed by atoms with Gasteiger partial charge in [-0.2, -0.15) is 0 Å². The molecule has 4 rings (SSSR count). The van der Waals surface area contributed by atoms with Crippen molar-refractivity contribution < 1.29 is 99.1 Å². The molecule has 1 atom stereocenters. The van der Waals surface area contributed by atoms with Crippen LogP contribution in [0.4, 0.5) is 0 Å². The summed E-state index contributed by atoms with van der Waals surface area (Å²) >= 11 is -2.08. The van der Waals surface area contributed by atoms with Crippen molar-refractivity contribution in [1.29, 1.82) is 0 Å². The van der Waals surface area contributed by atoms with Crippen LogP contribution in [0, 0.1) is 0 Å². The average molecular weight is 679 g/mol. The second kappa shape index (κ2) is 20.7. The van der Waals surface area contributed by atoms with E-state index in [0.717, 1.165) is 0 Å². The zero-order valence-electron chi connectivity index (χ0n) is 21.2. The summed E-state index contributed by atoms with van der Waals surface area (Å²) in [4.78, 5) is -0.225. The van der Waals surface area contributed by atoms with Crippen molar-refractivity contribution in [2.75, 3.05) is 0 Å². The van der Waals surface area contributed by atoms with Gasteiger partial charge in [-0.05, 0) is 59.6 Å². The van der Waals surface area contributed by atoms with E-state index < -0.39 is 41.4 Å². The van der Waals surface area contributed by atoms with E-state index in [1.54, 1.807) is 48.5 Å². The van der Waals surface area contributed by atoms with E-state index in [1.807, 2.05) is 0 Å². The zero-order valence-corrected chi connectivity index (χ0v) is 28.8. The van der Waals surface area contributed by atoms with Gasteiger partial charge in [-0.15, -0.1) is 0 Å². The number of benzene rings is 4. The van der Waals surface area contributed by atoms with E-state index in [2.05, 4.69) is 0 Å². The van der Waals surface area contributed by atoms with Crippen molar-refractivity contribution in [3.05, 3.63) is 121 Å². The number of hydrogen-bond donors (Lipinski definition) is 0. The Morgan fingerprint density at radius 1 is 0.439 bits per heavy atom. The predicted octanol–water partition coefficient (Wildman–Crippen LogP) is -0.680. The molecule has 0 radical (unpaired) electrons. The molecular weight excluding hydrogens is 659 g/mol. The Balaban J connectivity index is 0. The minimum atomic E-state index is -4.25. The Morgan fingerprint density at radius 2 is 0.634 bits per heavy atom. The summed E-state index contributed by atoms with van der Waals surface area (Å²) in [6.45, 7) is 0. The first kappa shape index (κ1) is 42.0. The summed E-state index contributed by atoms with van der Waals surface area (Å²) in [5.74, 6) is 0. The molecule has 0 spiro atoms. The molecule has 4 aromatic carbocycles. The van der Waals surface area contributed by atoms with E-state index in [-0.39, 0.29) is 83.4 Å². The largest absolute Gasteiger partial charge is 3.00 e. The molecule has 0 aliphatic carbocycles. The fourth-order valence-electron chi connectivity index (χ4n) is 2.29. The van der Waals surface area contributed by atoms with E-state index in [9.17, 15) is 47.7 Å². The fourth-order valence-corrected chi connectivity index (χ4v) is 4.14. The first-order chi connectivity index (χ1) is 18.1. The van der Waals surface area contributed by atoms with Crippen LogP contribution in [0.15, 0.2) is 141 Å². The Labute approximate surface area is 295 Å². The molecule has 1 unspecified atom stereocenters. The van der Waals surface area contributed by atoms with Gasteiger partial charge in [0.05, 0.1) is 14.7 Å². The van der Waals surface area contributed by atoms with Gasteiger partial charge in [0, 0.05) is 4.90 Å². The molecule has 0 aliphatic heterocycles. The normalized spacial score (nSPS) is 11.1. The second-order valence-corrected chi connectivity index (χ2v) is 11.9. The Morgan fingerprint density at radius 3 is 0.756 bits per heavy atom. The maximum Gasteiger partial charge on any atom is 3.00 e. The van der Waals surface area contributed by atoms with Crippen LogP contribution in [-0.2, 0) is 41.4 Å². The summed E-state index contributed by atoms with van der Waals surface area (Å²) in [5.41, 5.74) is 0. The van der Waals surface area contributed by atoms with E-state index in [0.29, 0.717) is 4.90 Å². The molecule has 0 aliphatic rings. The molecule has 0 fully saturated rings. The van der Waals surface area contributed by atoms with Crippen LogP contribution in [-0.4, -0.2) is 65.0 Å². The number of hydrogen-bond acceptors (Lipinski definition) is 11. The Bertz CT molecular complexity index is 1460.